The molecule has 4 aromatic rings. The van der Waals surface area contributed by atoms with Crippen LogP contribution in [0.3, 0.4) is 0 Å². The van der Waals surface area contributed by atoms with Crippen LogP contribution in [0.25, 0.3) is 16.9 Å². The number of anilines is 2. The fourth-order valence-corrected chi connectivity index (χ4v) is 3.89. The van der Waals surface area contributed by atoms with E-state index in [4.69, 9.17) is 9.97 Å². The highest BCUT2D eigenvalue weighted by Gasteiger charge is 2.20. The maximum absolute atomic E-state index is 4.89. The SMILES string of the molecule is CC(C)n1cnc2c(NCc3ccccc3-n3cccn3)nc(N3CCNCC3)nc21. The number of fused-ring (bicyclic) bond motifs is 1. The minimum atomic E-state index is 0.268. The molecule has 4 heterocycles. The largest absolute Gasteiger partial charge is 0.364 e. The van der Waals surface area contributed by atoms with Crippen molar-refractivity contribution in [1.82, 2.24) is 34.6 Å². The zero-order valence-corrected chi connectivity index (χ0v) is 17.9. The number of imidazole rings is 1. The maximum Gasteiger partial charge on any atom is 0.229 e. The average molecular weight is 418 g/mol. The quantitative estimate of drug-likeness (QED) is 0.498. The average Bonchev–Trinajstić information content (AvgIpc) is 3.48. The molecule has 0 radical (unpaired) electrons. The fourth-order valence-electron chi connectivity index (χ4n) is 3.89. The first-order valence-electron chi connectivity index (χ1n) is 10.7. The van der Waals surface area contributed by atoms with E-state index in [1.165, 1.54) is 0 Å². The second-order valence-electron chi connectivity index (χ2n) is 7.96. The molecule has 0 spiro atoms. The number of aromatic nitrogens is 6. The maximum atomic E-state index is 4.89. The smallest absolute Gasteiger partial charge is 0.229 e. The molecule has 160 valence electrons. The highest BCUT2D eigenvalue weighted by atomic mass is 15.3. The zero-order chi connectivity index (χ0) is 21.2. The lowest BCUT2D eigenvalue weighted by atomic mass is 10.2. The Labute approximate surface area is 181 Å². The van der Waals surface area contributed by atoms with E-state index < -0.39 is 0 Å². The number of rotatable bonds is 6. The molecular formula is C22H27N9. The molecule has 9 nitrogen and oxygen atoms in total. The van der Waals surface area contributed by atoms with Gasteiger partial charge in [-0.25, -0.2) is 9.67 Å². The summed E-state index contributed by atoms with van der Waals surface area (Å²) in [5.41, 5.74) is 3.83. The lowest BCUT2D eigenvalue weighted by Crippen LogP contribution is -2.44. The van der Waals surface area contributed by atoms with E-state index in [0.717, 1.165) is 60.4 Å². The summed E-state index contributed by atoms with van der Waals surface area (Å²) >= 11 is 0. The standard InChI is InChI=1S/C22H27N9/c1-16(2)30-15-25-19-20(27-22(28-21(19)30)29-12-9-23-10-13-29)24-14-17-6-3-4-7-18(17)31-11-5-8-26-31/h3-8,11,15-16,23H,9-10,12-14H2,1-2H3,(H,24,27,28). The fraction of sp³-hybridized carbons (Fsp3) is 0.364. The molecule has 0 unspecified atom stereocenters. The van der Waals surface area contributed by atoms with Crippen LogP contribution in [0.5, 0.6) is 0 Å². The van der Waals surface area contributed by atoms with Gasteiger partial charge >= 0.3 is 0 Å². The summed E-state index contributed by atoms with van der Waals surface area (Å²) in [5, 5.41) is 11.3. The van der Waals surface area contributed by atoms with Crippen LogP contribution in [0.4, 0.5) is 11.8 Å². The van der Waals surface area contributed by atoms with Crippen LogP contribution in [0, 0.1) is 0 Å². The van der Waals surface area contributed by atoms with Crippen LogP contribution < -0.4 is 15.5 Å². The van der Waals surface area contributed by atoms with Crippen molar-refractivity contribution in [2.24, 2.45) is 0 Å². The van der Waals surface area contributed by atoms with E-state index in [0.29, 0.717) is 6.54 Å². The molecule has 5 rings (SSSR count). The topological polar surface area (TPSA) is 88.7 Å². The molecule has 1 aromatic carbocycles. The van der Waals surface area contributed by atoms with Gasteiger partial charge in [-0.2, -0.15) is 15.1 Å². The van der Waals surface area contributed by atoms with Crippen LogP contribution in [0.1, 0.15) is 25.5 Å². The van der Waals surface area contributed by atoms with E-state index >= 15 is 0 Å². The van der Waals surface area contributed by atoms with Gasteiger partial charge in [0.25, 0.3) is 0 Å². The molecule has 2 N–H and O–H groups in total. The Morgan fingerprint density at radius 1 is 1.10 bits per heavy atom. The lowest BCUT2D eigenvalue weighted by molar-refractivity contribution is 0.578. The third kappa shape index (κ3) is 3.84. The van der Waals surface area contributed by atoms with Crippen molar-refractivity contribution in [2.75, 3.05) is 36.4 Å². The summed E-state index contributed by atoms with van der Waals surface area (Å²) in [6, 6.07) is 10.4. The van der Waals surface area contributed by atoms with E-state index in [9.17, 15) is 0 Å². The third-order valence-electron chi connectivity index (χ3n) is 5.55. The summed E-state index contributed by atoms with van der Waals surface area (Å²) in [6.45, 7) is 8.54. The van der Waals surface area contributed by atoms with Gasteiger partial charge in [0.15, 0.2) is 17.0 Å². The first-order valence-corrected chi connectivity index (χ1v) is 10.7. The second-order valence-corrected chi connectivity index (χ2v) is 7.96. The normalized spacial score (nSPS) is 14.5. The first kappa shape index (κ1) is 19.5. The molecule has 3 aromatic heterocycles. The van der Waals surface area contributed by atoms with Crippen LogP contribution in [-0.2, 0) is 6.54 Å². The predicted octanol–water partition coefficient (Wildman–Crippen LogP) is 2.61. The highest BCUT2D eigenvalue weighted by molar-refractivity contribution is 5.84. The van der Waals surface area contributed by atoms with E-state index in [2.05, 4.69) is 56.2 Å². The molecule has 31 heavy (non-hydrogen) atoms. The minimum absolute atomic E-state index is 0.268. The van der Waals surface area contributed by atoms with Crippen molar-refractivity contribution in [3.8, 4) is 5.69 Å². The van der Waals surface area contributed by atoms with Gasteiger partial charge < -0.3 is 20.1 Å². The zero-order valence-electron chi connectivity index (χ0n) is 17.9. The molecule has 0 atom stereocenters. The van der Waals surface area contributed by atoms with Gasteiger partial charge in [0.05, 0.1) is 12.0 Å². The number of hydrogen-bond donors (Lipinski definition) is 2. The number of hydrogen-bond acceptors (Lipinski definition) is 7. The van der Waals surface area contributed by atoms with Crippen molar-refractivity contribution in [1.29, 1.82) is 0 Å². The van der Waals surface area contributed by atoms with Gasteiger partial charge in [0.1, 0.15) is 0 Å². The Balaban J connectivity index is 1.51. The summed E-state index contributed by atoms with van der Waals surface area (Å²) in [4.78, 5) is 16.6. The van der Waals surface area contributed by atoms with Crippen molar-refractivity contribution < 1.29 is 0 Å². The van der Waals surface area contributed by atoms with Gasteiger partial charge in [-0.15, -0.1) is 0 Å². The van der Waals surface area contributed by atoms with Gasteiger partial charge in [0, 0.05) is 51.2 Å². The Hall–Kier alpha value is -3.46. The Bertz CT molecular complexity index is 1160. The Morgan fingerprint density at radius 2 is 1.94 bits per heavy atom. The number of benzene rings is 1. The molecular weight excluding hydrogens is 390 g/mol. The highest BCUT2D eigenvalue weighted by Crippen LogP contribution is 2.26. The molecule has 9 heteroatoms. The Morgan fingerprint density at radius 3 is 2.71 bits per heavy atom. The van der Waals surface area contributed by atoms with Crippen molar-refractivity contribution in [3.63, 3.8) is 0 Å². The van der Waals surface area contributed by atoms with Crippen LogP contribution in [-0.4, -0.2) is 55.5 Å². The van der Waals surface area contributed by atoms with Gasteiger partial charge in [-0.05, 0) is 31.5 Å². The second kappa shape index (κ2) is 8.35. The molecule has 0 bridgehead atoms. The van der Waals surface area contributed by atoms with E-state index in [1.54, 1.807) is 6.20 Å². The molecule has 0 saturated carbocycles. The molecule has 1 aliphatic heterocycles. The number of nitrogens with one attached hydrogen (secondary N) is 2. The monoisotopic (exact) mass is 417 g/mol. The third-order valence-corrected chi connectivity index (χ3v) is 5.55. The molecule has 1 saturated heterocycles. The predicted molar refractivity (Wildman–Crippen MR) is 122 cm³/mol. The number of piperazine rings is 1. The molecule has 0 aliphatic carbocycles. The van der Waals surface area contributed by atoms with Gasteiger partial charge in [0.2, 0.25) is 5.95 Å². The van der Waals surface area contributed by atoms with Crippen LogP contribution in [0.2, 0.25) is 0 Å². The first-order chi connectivity index (χ1) is 15.2. The van der Waals surface area contributed by atoms with Crippen molar-refractivity contribution >= 4 is 22.9 Å². The van der Waals surface area contributed by atoms with E-state index in [-0.39, 0.29) is 6.04 Å². The van der Waals surface area contributed by atoms with Crippen LogP contribution >= 0.6 is 0 Å². The number of nitrogens with zero attached hydrogens (tertiary/aromatic N) is 7. The molecule has 0 amide bonds. The van der Waals surface area contributed by atoms with Gasteiger partial charge in [-0.3, -0.25) is 0 Å². The summed E-state index contributed by atoms with van der Waals surface area (Å²) in [5.74, 6) is 1.51. The summed E-state index contributed by atoms with van der Waals surface area (Å²) < 4.78 is 3.98. The summed E-state index contributed by atoms with van der Waals surface area (Å²) in [6.07, 6.45) is 5.60. The van der Waals surface area contributed by atoms with Gasteiger partial charge in [-0.1, -0.05) is 18.2 Å². The molecule has 1 fully saturated rings. The molecule has 1 aliphatic rings. The minimum Gasteiger partial charge on any atom is -0.364 e. The summed E-state index contributed by atoms with van der Waals surface area (Å²) in [7, 11) is 0. The lowest BCUT2D eigenvalue weighted by Gasteiger charge is -2.27. The van der Waals surface area contributed by atoms with Crippen LogP contribution in [0.15, 0.2) is 49.1 Å². The van der Waals surface area contributed by atoms with E-state index in [1.807, 2.05) is 35.4 Å². The van der Waals surface area contributed by atoms with Crippen molar-refractivity contribution in [3.05, 3.63) is 54.6 Å². The number of para-hydroxylation sites is 1. The van der Waals surface area contributed by atoms with Crippen molar-refractivity contribution in [2.45, 2.75) is 26.4 Å². The Kier molecular flexibility index (Phi) is 5.25.